The van der Waals surface area contributed by atoms with E-state index in [0.717, 1.165) is 15.8 Å². The Morgan fingerprint density at radius 3 is 2.88 bits per heavy atom. The molecule has 0 spiro atoms. The van der Waals surface area contributed by atoms with Crippen molar-refractivity contribution in [2.45, 2.75) is 18.8 Å². The van der Waals surface area contributed by atoms with E-state index in [4.69, 9.17) is 5.73 Å². The van der Waals surface area contributed by atoms with Gasteiger partial charge in [-0.3, -0.25) is 0 Å². The quantitative estimate of drug-likeness (QED) is 0.858. The van der Waals surface area contributed by atoms with Crippen LogP contribution < -0.4 is 5.73 Å². The summed E-state index contributed by atoms with van der Waals surface area (Å²) >= 11 is 3.44. The zero-order valence-electron chi connectivity index (χ0n) is 8.73. The van der Waals surface area contributed by atoms with E-state index in [-0.39, 0.29) is 0 Å². The SMILES string of the molecule is Nc1ccc(Br)cc1-n1ccc(C2CC2)n1. The lowest BCUT2D eigenvalue weighted by Gasteiger charge is -2.05. The van der Waals surface area contributed by atoms with E-state index in [1.54, 1.807) is 0 Å². The maximum absolute atomic E-state index is 5.94. The van der Waals surface area contributed by atoms with Crippen LogP contribution in [0.2, 0.25) is 0 Å². The van der Waals surface area contributed by atoms with Gasteiger partial charge in [-0.05, 0) is 37.1 Å². The van der Waals surface area contributed by atoms with E-state index in [0.29, 0.717) is 5.92 Å². The van der Waals surface area contributed by atoms with Crippen LogP contribution in [0.15, 0.2) is 34.9 Å². The minimum Gasteiger partial charge on any atom is -0.397 e. The zero-order valence-corrected chi connectivity index (χ0v) is 10.3. The van der Waals surface area contributed by atoms with Crippen molar-refractivity contribution < 1.29 is 0 Å². The van der Waals surface area contributed by atoms with Gasteiger partial charge in [-0.2, -0.15) is 5.10 Å². The molecule has 82 valence electrons. The largest absolute Gasteiger partial charge is 0.397 e. The summed E-state index contributed by atoms with van der Waals surface area (Å²) in [7, 11) is 0. The van der Waals surface area contributed by atoms with Crippen molar-refractivity contribution in [3.8, 4) is 5.69 Å². The van der Waals surface area contributed by atoms with Crippen LogP contribution in [-0.2, 0) is 0 Å². The average molecular weight is 278 g/mol. The van der Waals surface area contributed by atoms with Crippen molar-refractivity contribution in [1.29, 1.82) is 0 Å². The van der Waals surface area contributed by atoms with Crippen LogP contribution in [0.5, 0.6) is 0 Å². The van der Waals surface area contributed by atoms with Crippen LogP contribution in [0.4, 0.5) is 5.69 Å². The van der Waals surface area contributed by atoms with Crippen molar-refractivity contribution in [3.63, 3.8) is 0 Å². The number of nitrogens with zero attached hydrogens (tertiary/aromatic N) is 2. The first-order valence-electron chi connectivity index (χ1n) is 5.35. The number of anilines is 1. The normalized spacial score (nSPS) is 15.3. The first kappa shape index (κ1) is 9.90. The Morgan fingerprint density at radius 2 is 2.12 bits per heavy atom. The van der Waals surface area contributed by atoms with Crippen LogP contribution >= 0.6 is 15.9 Å². The van der Waals surface area contributed by atoms with Gasteiger partial charge in [0.15, 0.2) is 0 Å². The number of aromatic nitrogens is 2. The topological polar surface area (TPSA) is 43.8 Å². The van der Waals surface area contributed by atoms with E-state index in [2.05, 4.69) is 27.1 Å². The maximum atomic E-state index is 5.94. The third kappa shape index (κ3) is 1.73. The second kappa shape index (κ2) is 3.63. The monoisotopic (exact) mass is 277 g/mol. The fourth-order valence-electron chi connectivity index (χ4n) is 1.78. The summed E-state index contributed by atoms with van der Waals surface area (Å²) < 4.78 is 2.87. The Balaban J connectivity index is 2.03. The number of hydrogen-bond acceptors (Lipinski definition) is 2. The van der Waals surface area contributed by atoms with Crippen molar-refractivity contribution >= 4 is 21.6 Å². The number of benzene rings is 1. The minimum atomic E-state index is 0.676. The molecule has 1 saturated carbocycles. The van der Waals surface area contributed by atoms with Crippen LogP contribution in [0, 0.1) is 0 Å². The summed E-state index contributed by atoms with van der Waals surface area (Å²) in [6.07, 6.45) is 4.52. The van der Waals surface area contributed by atoms with Gasteiger partial charge in [-0.1, -0.05) is 15.9 Å². The molecule has 1 aromatic heterocycles. The molecule has 0 amide bonds. The number of nitrogen functional groups attached to an aromatic ring is 1. The van der Waals surface area contributed by atoms with Gasteiger partial charge < -0.3 is 5.73 Å². The average Bonchev–Trinajstić information content (AvgIpc) is 3.01. The van der Waals surface area contributed by atoms with E-state index in [9.17, 15) is 0 Å². The molecule has 0 saturated heterocycles. The van der Waals surface area contributed by atoms with Crippen LogP contribution in [0.25, 0.3) is 5.69 Å². The van der Waals surface area contributed by atoms with Crippen molar-refractivity contribution in [2.75, 3.05) is 5.73 Å². The Bertz CT molecular complexity index is 529. The highest BCUT2D eigenvalue weighted by atomic mass is 79.9. The molecule has 1 aliphatic rings. The highest BCUT2D eigenvalue weighted by Crippen LogP contribution is 2.39. The highest BCUT2D eigenvalue weighted by Gasteiger charge is 2.25. The number of nitrogens with two attached hydrogens (primary N) is 1. The van der Waals surface area contributed by atoms with Gasteiger partial charge in [0.05, 0.1) is 17.1 Å². The van der Waals surface area contributed by atoms with E-state index < -0.39 is 0 Å². The standard InChI is InChI=1S/C12H12BrN3/c13-9-3-4-10(14)12(7-9)16-6-5-11(15-16)8-1-2-8/h3-8H,1-2,14H2. The molecular weight excluding hydrogens is 266 g/mol. The summed E-state index contributed by atoms with van der Waals surface area (Å²) in [5.41, 5.74) is 8.80. The summed E-state index contributed by atoms with van der Waals surface area (Å²) in [5, 5.41) is 4.56. The second-order valence-electron chi connectivity index (χ2n) is 4.16. The molecule has 2 N–H and O–H groups in total. The van der Waals surface area contributed by atoms with Gasteiger partial charge >= 0.3 is 0 Å². The lowest BCUT2D eigenvalue weighted by Crippen LogP contribution is -2.00. The zero-order chi connectivity index (χ0) is 11.1. The molecular formula is C12H12BrN3. The smallest absolute Gasteiger partial charge is 0.0886 e. The van der Waals surface area contributed by atoms with Gasteiger partial charge in [0.2, 0.25) is 0 Å². The predicted molar refractivity (Wildman–Crippen MR) is 67.7 cm³/mol. The molecule has 2 aromatic rings. The third-order valence-corrected chi connectivity index (χ3v) is 3.34. The van der Waals surface area contributed by atoms with Crippen LogP contribution in [0.3, 0.4) is 0 Å². The summed E-state index contributed by atoms with van der Waals surface area (Å²) in [6.45, 7) is 0. The van der Waals surface area contributed by atoms with Crippen molar-refractivity contribution in [3.05, 3.63) is 40.6 Å². The van der Waals surface area contributed by atoms with E-state index in [1.807, 2.05) is 29.1 Å². The summed E-state index contributed by atoms with van der Waals surface area (Å²) in [5.74, 6) is 0.676. The third-order valence-electron chi connectivity index (χ3n) is 2.84. The molecule has 1 aliphatic carbocycles. The predicted octanol–water partition coefficient (Wildman–Crippen LogP) is 3.09. The molecule has 0 bridgehead atoms. The molecule has 3 rings (SSSR count). The maximum Gasteiger partial charge on any atom is 0.0886 e. The van der Waals surface area contributed by atoms with Gasteiger partial charge in [0.25, 0.3) is 0 Å². The number of rotatable bonds is 2. The molecule has 1 heterocycles. The molecule has 1 aromatic carbocycles. The molecule has 4 heteroatoms. The molecule has 16 heavy (non-hydrogen) atoms. The lowest BCUT2D eigenvalue weighted by atomic mass is 10.3. The molecule has 0 unspecified atom stereocenters. The fraction of sp³-hybridized carbons (Fsp3) is 0.250. The molecule has 0 aliphatic heterocycles. The number of hydrogen-bond donors (Lipinski definition) is 1. The van der Waals surface area contributed by atoms with Crippen molar-refractivity contribution in [2.24, 2.45) is 0 Å². The molecule has 0 atom stereocenters. The molecule has 1 fully saturated rings. The summed E-state index contributed by atoms with van der Waals surface area (Å²) in [4.78, 5) is 0. The van der Waals surface area contributed by atoms with Gasteiger partial charge in [0.1, 0.15) is 0 Å². The van der Waals surface area contributed by atoms with Crippen LogP contribution in [-0.4, -0.2) is 9.78 Å². The van der Waals surface area contributed by atoms with E-state index >= 15 is 0 Å². The number of halogens is 1. The Morgan fingerprint density at radius 1 is 1.31 bits per heavy atom. The minimum absolute atomic E-state index is 0.676. The summed E-state index contributed by atoms with van der Waals surface area (Å²) in [6, 6.07) is 7.89. The Hall–Kier alpha value is -1.29. The van der Waals surface area contributed by atoms with Gasteiger partial charge in [-0.25, -0.2) is 4.68 Å². The lowest BCUT2D eigenvalue weighted by molar-refractivity contribution is 0.839. The van der Waals surface area contributed by atoms with Gasteiger partial charge in [-0.15, -0.1) is 0 Å². The van der Waals surface area contributed by atoms with Crippen molar-refractivity contribution in [1.82, 2.24) is 9.78 Å². The highest BCUT2D eigenvalue weighted by molar-refractivity contribution is 9.10. The molecule has 3 nitrogen and oxygen atoms in total. The first-order valence-corrected chi connectivity index (χ1v) is 6.14. The fourth-order valence-corrected chi connectivity index (χ4v) is 2.13. The first-order chi connectivity index (χ1) is 7.74. The molecule has 0 radical (unpaired) electrons. The Labute approximate surface area is 102 Å². The van der Waals surface area contributed by atoms with E-state index in [1.165, 1.54) is 18.5 Å². The Kier molecular flexibility index (Phi) is 2.24. The second-order valence-corrected chi connectivity index (χ2v) is 5.08. The van der Waals surface area contributed by atoms with Crippen LogP contribution in [0.1, 0.15) is 24.5 Å². The van der Waals surface area contributed by atoms with Gasteiger partial charge in [0, 0.05) is 16.6 Å².